The lowest BCUT2D eigenvalue weighted by molar-refractivity contribution is 0.728. The van der Waals surface area contributed by atoms with Crippen molar-refractivity contribution in [1.29, 1.82) is 0 Å². The summed E-state index contributed by atoms with van der Waals surface area (Å²) in [6, 6.07) is 20.2. The van der Waals surface area contributed by atoms with Crippen LogP contribution in [0.4, 0.5) is 0 Å². The molecule has 0 saturated carbocycles. The molecule has 0 radical (unpaired) electrons. The van der Waals surface area contributed by atoms with E-state index in [2.05, 4.69) is 58.1 Å². The first kappa shape index (κ1) is 27.1. The largest absolute Gasteiger partial charge is 0.384 e. The van der Waals surface area contributed by atoms with E-state index >= 15 is 0 Å². The van der Waals surface area contributed by atoms with Crippen molar-refractivity contribution in [3.63, 3.8) is 0 Å². The Hall–Kier alpha value is -4.46. The highest BCUT2D eigenvalue weighted by atomic mass is 14.9. The van der Waals surface area contributed by atoms with Crippen molar-refractivity contribution in [1.82, 2.24) is 19.9 Å². The summed E-state index contributed by atoms with van der Waals surface area (Å²) in [4.78, 5) is 25.5. The van der Waals surface area contributed by atoms with Crippen molar-refractivity contribution >= 4 is 33.7 Å². The van der Waals surface area contributed by atoms with E-state index in [1.807, 2.05) is 36.4 Å². The van der Waals surface area contributed by atoms with Crippen LogP contribution in [0.2, 0.25) is 0 Å². The molecule has 2 aromatic heterocycles. The molecule has 0 bridgehead atoms. The molecule has 8 heteroatoms. The van der Waals surface area contributed by atoms with Gasteiger partial charge in [0.05, 0.1) is 22.1 Å². The van der Waals surface area contributed by atoms with Gasteiger partial charge in [0.2, 0.25) is 0 Å². The summed E-state index contributed by atoms with van der Waals surface area (Å²) in [5.41, 5.74) is 19.9. The Morgan fingerprint density at radius 1 is 0.625 bits per heavy atom. The van der Waals surface area contributed by atoms with Crippen LogP contribution in [-0.2, 0) is 0 Å². The first-order chi connectivity index (χ1) is 19.6. The van der Waals surface area contributed by atoms with Gasteiger partial charge in [-0.1, -0.05) is 63.8 Å². The highest BCUT2D eigenvalue weighted by Crippen LogP contribution is 2.26. The second-order valence-electron chi connectivity index (χ2n) is 10.2. The minimum absolute atomic E-state index is 0.568. The van der Waals surface area contributed by atoms with Gasteiger partial charge in [0.1, 0.15) is 23.3 Å². The molecule has 0 aliphatic heterocycles. The quantitative estimate of drug-likeness (QED) is 0.0818. The minimum atomic E-state index is 0.568. The van der Waals surface area contributed by atoms with E-state index in [0.29, 0.717) is 11.7 Å². The van der Waals surface area contributed by atoms with E-state index in [1.54, 1.807) is 0 Å². The lowest BCUT2D eigenvalue weighted by Gasteiger charge is -2.01. The summed E-state index contributed by atoms with van der Waals surface area (Å²) in [5.74, 6) is 2.75. The van der Waals surface area contributed by atoms with E-state index in [1.165, 1.54) is 25.7 Å². The zero-order valence-electron chi connectivity index (χ0n) is 23.4. The van der Waals surface area contributed by atoms with Gasteiger partial charge < -0.3 is 21.4 Å². The maximum atomic E-state index is 6.23. The Labute approximate surface area is 235 Å². The molecule has 5 rings (SSSR count). The molecule has 5 aromatic rings. The minimum Gasteiger partial charge on any atom is -0.384 e. The van der Waals surface area contributed by atoms with Crippen LogP contribution in [0.25, 0.3) is 44.8 Å². The number of hydrogen-bond acceptors (Lipinski definition) is 4. The van der Waals surface area contributed by atoms with Gasteiger partial charge in [-0.3, -0.25) is 9.98 Å². The number of aromatic amines is 2. The van der Waals surface area contributed by atoms with Crippen LogP contribution in [0.15, 0.2) is 70.6 Å². The molecule has 0 unspecified atom stereocenters. The van der Waals surface area contributed by atoms with Gasteiger partial charge in [0.15, 0.2) is 0 Å². The van der Waals surface area contributed by atoms with Crippen molar-refractivity contribution in [2.75, 3.05) is 13.1 Å². The Morgan fingerprint density at radius 2 is 1.05 bits per heavy atom. The molecule has 0 aliphatic rings. The van der Waals surface area contributed by atoms with Crippen LogP contribution in [0, 0.1) is 0 Å². The van der Waals surface area contributed by atoms with Crippen LogP contribution >= 0.6 is 0 Å². The summed E-state index contributed by atoms with van der Waals surface area (Å²) in [7, 11) is 0. The number of aromatic nitrogens is 4. The maximum absolute atomic E-state index is 6.23. The fraction of sp³-hybridized carbons (Fsp3) is 0.312. The number of nitrogens with zero attached hydrogens (tertiary/aromatic N) is 4. The molecule has 40 heavy (non-hydrogen) atoms. The molecule has 3 aromatic carbocycles. The van der Waals surface area contributed by atoms with Gasteiger partial charge in [-0.25, -0.2) is 9.97 Å². The first-order valence-corrected chi connectivity index (χ1v) is 14.3. The Morgan fingerprint density at radius 3 is 1.45 bits per heavy atom. The second-order valence-corrected chi connectivity index (χ2v) is 10.2. The number of imidazole rings is 2. The third-order valence-corrected chi connectivity index (χ3v) is 7.07. The standard InChI is InChI=1S/C32H38N8/c1-3-5-7-17-35-29(33)23-13-15-25-27(19-23)39-31(37-25)21-9-11-22(12-10-21)32-38-26-16-14-24(20-28(26)40-32)30(34)36-18-8-6-4-2/h9-16,19-20H,3-8,17-18H2,1-2H3,(H2,33,35)(H2,34,36)(H,37,39)(H,38,40). The van der Waals surface area contributed by atoms with Crippen LogP contribution in [0.3, 0.4) is 0 Å². The number of fused-ring (bicyclic) bond motifs is 2. The topological polar surface area (TPSA) is 134 Å². The number of unbranched alkanes of at least 4 members (excludes halogenated alkanes) is 4. The monoisotopic (exact) mass is 534 g/mol. The fourth-order valence-electron chi connectivity index (χ4n) is 4.70. The maximum Gasteiger partial charge on any atom is 0.138 e. The van der Waals surface area contributed by atoms with E-state index in [-0.39, 0.29) is 0 Å². The van der Waals surface area contributed by atoms with Gasteiger partial charge in [-0.05, 0) is 49.2 Å². The number of H-pyrrole nitrogens is 2. The number of aliphatic imine (C=N–C) groups is 2. The molecular weight excluding hydrogens is 496 g/mol. The van der Waals surface area contributed by atoms with Crippen LogP contribution in [-0.4, -0.2) is 44.7 Å². The van der Waals surface area contributed by atoms with Gasteiger partial charge in [0, 0.05) is 35.3 Å². The fourth-order valence-corrected chi connectivity index (χ4v) is 4.70. The zero-order chi connectivity index (χ0) is 27.9. The highest BCUT2D eigenvalue weighted by molar-refractivity contribution is 6.01. The van der Waals surface area contributed by atoms with Crippen molar-refractivity contribution in [3.8, 4) is 22.8 Å². The van der Waals surface area contributed by atoms with E-state index in [4.69, 9.17) is 21.4 Å². The summed E-state index contributed by atoms with van der Waals surface area (Å²) >= 11 is 0. The number of benzene rings is 3. The van der Waals surface area contributed by atoms with Crippen molar-refractivity contribution in [2.45, 2.75) is 52.4 Å². The van der Waals surface area contributed by atoms with Crippen molar-refractivity contribution in [3.05, 3.63) is 71.8 Å². The first-order valence-electron chi connectivity index (χ1n) is 14.3. The zero-order valence-corrected chi connectivity index (χ0v) is 23.4. The molecule has 8 nitrogen and oxygen atoms in total. The number of amidine groups is 2. The lowest BCUT2D eigenvalue weighted by atomic mass is 10.1. The average Bonchev–Trinajstić information content (AvgIpc) is 3.61. The Bertz CT molecular complexity index is 1520. The summed E-state index contributed by atoms with van der Waals surface area (Å²) in [6.07, 6.45) is 6.79. The summed E-state index contributed by atoms with van der Waals surface area (Å²) in [5, 5.41) is 0. The highest BCUT2D eigenvalue weighted by Gasteiger charge is 2.11. The molecule has 0 fully saturated rings. The SMILES string of the molecule is CCCCCN=C(N)c1ccc2nc(-c3ccc(-c4nc5ccc(C(N)=NCCCCC)cc5[nH]4)cc3)[nH]c2c1. The van der Waals surface area contributed by atoms with E-state index in [0.717, 1.165) is 81.9 Å². The summed E-state index contributed by atoms with van der Waals surface area (Å²) < 4.78 is 0. The van der Waals surface area contributed by atoms with E-state index in [9.17, 15) is 0 Å². The second kappa shape index (κ2) is 12.6. The molecule has 2 heterocycles. The Kier molecular flexibility index (Phi) is 8.54. The molecule has 0 aliphatic carbocycles. The summed E-state index contributed by atoms with van der Waals surface area (Å²) in [6.45, 7) is 5.88. The lowest BCUT2D eigenvalue weighted by Crippen LogP contribution is -2.13. The number of nitrogens with one attached hydrogen (secondary N) is 2. The Balaban J connectivity index is 1.32. The predicted octanol–water partition coefficient (Wildman–Crippen LogP) is 6.56. The van der Waals surface area contributed by atoms with Crippen molar-refractivity contribution in [2.24, 2.45) is 21.5 Å². The molecule has 206 valence electrons. The molecule has 6 N–H and O–H groups in total. The van der Waals surface area contributed by atoms with Gasteiger partial charge >= 0.3 is 0 Å². The van der Waals surface area contributed by atoms with Gasteiger partial charge in [-0.2, -0.15) is 0 Å². The van der Waals surface area contributed by atoms with E-state index < -0.39 is 0 Å². The van der Waals surface area contributed by atoms with Gasteiger partial charge in [0.25, 0.3) is 0 Å². The average molecular weight is 535 g/mol. The molecular formula is C32H38N8. The molecule has 0 amide bonds. The predicted molar refractivity (Wildman–Crippen MR) is 167 cm³/mol. The number of rotatable bonds is 12. The number of nitrogens with two attached hydrogens (primary N) is 2. The van der Waals surface area contributed by atoms with Crippen LogP contribution in [0.1, 0.15) is 63.5 Å². The smallest absolute Gasteiger partial charge is 0.138 e. The normalized spacial score (nSPS) is 12.6. The molecule has 0 saturated heterocycles. The number of hydrogen-bond donors (Lipinski definition) is 4. The van der Waals surface area contributed by atoms with Crippen molar-refractivity contribution < 1.29 is 0 Å². The third kappa shape index (κ3) is 6.22. The van der Waals surface area contributed by atoms with Gasteiger partial charge in [-0.15, -0.1) is 0 Å². The third-order valence-electron chi connectivity index (χ3n) is 7.07. The molecule has 0 spiro atoms. The van der Waals surface area contributed by atoms with Crippen LogP contribution < -0.4 is 11.5 Å². The molecule has 0 atom stereocenters. The van der Waals surface area contributed by atoms with Crippen LogP contribution in [0.5, 0.6) is 0 Å².